The van der Waals surface area contributed by atoms with Crippen molar-refractivity contribution < 1.29 is 18.3 Å². The number of carbonyl (C=O) groups excluding carboxylic acids is 1. The Bertz CT molecular complexity index is 1010. The van der Waals surface area contributed by atoms with E-state index in [0.717, 1.165) is 5.56 Å². The number of hydrogen-bond donors (Lipinski definition) is 4. The summed E-state index contributed by atoms with van der Waals surface area (Å²) in [5.74, 6) is -0.391. The number of aromatic amines is 1. The summed E-state index contributed by atoms with van der Waals surface area (Å²) in [5.41, 5.74) is 7.96. The van der Waals surface area contributed by atoms with Gasteiger partial charge in [-0.25, -0.2) is 4.39 Å². The normalized spacial score (nSPS) is 18.5. The zero-order chi connectivity index (χ0) is 19.2. The largest absolute Gasteiger partial charge is 0.366 e. The highest BCUT2D eigenvalue weighted by atomic mass is 32.3. The van der Waals surface area contributed by atoms with Gasteiger partial charge in [-0.15, -0.1) is 0 Å². The van der Waals surface area contributed by atoms with Gasteiger partial charge in [-0.2, -0.15) is 10.6 Å². The Kier molecular flexibility index (Phi) is 4.46. The summed E-state index contributed by atoms with van der Waals surface area (Å²) < 4.78 is 35.3. The fourth-order valence-corrected chi connectivity index (χ4v) is 5.39. The van der Waals surface area contributed by atoms with Crippen LogP contribution < -0.4 is 5.73 Å². The number of primary amides is 1. The van der Waals surface area contributed by atoms with Crippen LogP contribution in [0.3, 0.4) is 0 Å². The number of hydrogen-bond acceptors (Lipinski definition) is 3. The maximum atomic E-state index is 15.5. The predicted molar refractivity (Wildman–Crippen MR) is 107 cm³/mol. The van der Waals surface area contributed by atoms with E-state index in [-0.39, 0.29) is 11.5 Å². The van der Waals surface area contributed by atoms with E-state index < -0.39 is 22.3 Å². The minimum Gasteiger partial charge on any atom is -0.366 e. The molecule has 5 N–H and O–H groups in total. The molecule has 1 amide bonds. The third-order valence-corrected chi connectivity index (χ3v) is 7.08. The van der Waals surface area contributed by atoms with Crippen LogP contribution in [0.4, 0.5) is 4.39 Å². The smallest absolute Gasteiger partial charge is 0.250 e. The molecule has 142 valence electrons. The number of nitrogens with two attached hydrogens (primary N) is 1. The molecule has 7 heteroatoms. The van der Waals surface area contributed by atoms with Crippen molar-refractivity contribution in [2.75, 3.05) is 11.5 Å². The number of aromatic nitrogens is 1. The average Bonchev–Trinajstić information content (AvgIpc) is 3.08. The summed E-state index contributed by atoms with van der Waals surface area (Å²) in [6.07, 6.45) is 2.85. The van der Waals surface area contributed by atoms with Gasteiger partial charge in [0.25, 0.3) is 5.91 Å². The Balaban J connectivity index is 1.90. The molecule has 1 aliphatic heterocycles. The zero-order valence-corrected chi connectivity index (χ0v) is 15.4. The van der Waals surface area contributed by atoms with E-state index in [1.54, 1.807) is 18.3 Å². The van der Waals surface area contributed by atoms with E-state index in [4.69, 9.17) is 5.73 Å². The van der Waals surface area contributed by atoms with Crippen LogP contribution in [0.15, 0.2) is 42.6 Å². The maximum absolute atomic E-state index is 15.5. The second-order valence-electron chi connectivity index (χ2n) is 6.99. The van der Waals surface area contributed by atoms with Gasteiger partial charge in [-0.05, 0) is 36.0 Å². The summed E-state index contributed by atoms with van der Waals surface area (Å²) in [7, 11) is -2.52. The molecule has 1 aromatic heterocycles. The standard InChI is InChI=1S/C20H21FN2O3S/c21-18-14(12-4-2-1-3-5-12)10-15(20(22)24)19-17(18)16(11-23-19)13-6-8-27(25,26)9-7-13/h1-5,10-11,13,23,25-26H,6-9H2,(H2,22,24). The molecule has 0 spiro atoms. The monoisotopic (exact) mass is 388 g/mol. The summed E-state index contributed by atoms with van der Waals surface area (Å²) in [5, 5.41) is 0.369. The van der Waals surface area contributed by atoms with Gasteiger partial charge in [0.05, 0.1) is 11.1 Å². The summed E-state index contributed by atoms with van der Waals surface area (Å²) in [6, 6.07) is 10.5. The lowest BCUT2D eigenvalue weighted by molar-refractivity contribution is 0.100. The molecule has 0 bridgehead atoms. The number of carbonyl (C=O) groups is 1. The predicted octanol–water partition coefficient (Wildman–Crippen LogP) is 4.70. The second-order valence-corrected chi connectivity index (χ2v) is 9.42. The summed E-state index contributed by atoms with van der Waals surface area (Å²) in [4.78, 5) is 15.0. The number of fused-ring (bicyclic) bond motifs is 1. The van der Waals surface area contributed by atoms with E-state index >= 15 is 4.39 Å². The van der Waals surface area contributed by atoms with Crippen LogP contribution in [-0.4, -0.2) is 31.5 Å². The lowest BCUT2D eigenvalue weighted by Gasteiger charge is -2.39. The third-order valence-electron chi connectivity index (χ3n) is 5.30. The molecule has 0 saturated carbocycles. The highest BCUT2D eigenvalue weighted by Gasteiger charge is 2.29. The van der Waals surface area contributed by atoms with E-state index in [0.29, 0.717) is 46.4 Å². The number of halogens is 1. The summed E-state index contributed by atoms with van der Waals surface area (Å²) >= 11 is 0. The van der Waals surface area contributed by atoms with Crippen molar-refractivity contribution in [3.63, 3.8) is 0 Å². The lowest BCUT2D eigenvalue weighted by atomic mass is 9.90. The Morgan fingerprint density at radius 3 is 2.48 bits per heavy atom. The molecule has 1 fully saturated rings. The molecule has 1 saturated heterocycles. The van der Waals surface area contributed by atoms with Gasteiger partial charge in [-0.3, -0.25) is 13.9 Å². The highest BCUT2D eigenvalue weighted by molar-refractivity contribution is 8.24. The number of rotatable bonds is 3. The Labute approximate surface area is 157 Å². The van der Waals surface area contributed by atoms with Crippen LogP contribution in [0.25, 0.3) is 22.0 Å². The molecular formula is C20H21FN2O3S. The molecule has 5 nitrogen and oxygen atoms in total. The van der Waals surface area contributed by atoms with Gasteiger partial charge < -0.3 is 10.7 Å². The first-order chi connectivity index (χ1) is 12.9. The minimum atomic E-state index is -2.52. The van der Waals surface area contributed by atoms with Crippen LogP contribution in [0.2, 0.25) is 0 Å². The van der Waals surface area contributed by atoms with Gasteiger partial charge in [0.2, 0.25) is 0 Å². The molecular weight excluding hydrogens is 367 g/mol. The van der Waals surface area contributed by atoms with Gasteiger partial charge in [-0.1, -0.05) is 30.3 Å². The van der Waals surface area contributed by atoms with E-state index in [1.165, 1.54) is 6.07 Å². The highest BCUT2D eigenvalue weighted by Crippen LogP contribution is 2.49. The quantitative estimate of drug-likeness (QED) is 0.523. The van der Waals surface area contributed by atoms with Crippen molar-refractivity contribution in [3.05, 3.63) is 59.5 Å². The fourth-order valence-electron chi connectivity index (χ4n) is 3.87. The van der Waals surface area contributed by atoms with Crippen LogP contribution in [0, 0.1) is 5.82 Å². The van der Waals surface area contributed by atoms with Crippen molar-refractivity contribution in [2.24, 2.45) is 5.73 Å². The molecule has 2 heterocycles. The van der Waals surface area contributed by atoms with Gasteiger partial charge >= 0.3 is 0 Å². The van der Waals surface area contributed by atoms with Crippen molar-refractivity contribution in [1.29, 1.82) is 0 Å². The Morgan fingerprint density at radius 2 is 1.85 bits per heavy atom. The summed E-state index contributed by atoms with van der Waals surface area (Å²) in [6.45, 7) is 0. The minimum absolute atomic E-state index is 0.0000695. The SMILES string of the molecule is NC(=O)c1cc(-c2ccccc2)c(F)c2c(C3CCS(O)(O)CC3)c[nH]c12. The van der Waals surface area contributed by atoms with Crippen LogP contribution in [-0.2, 0) is 0 Å². The van der Waals surface area contributed by atoms with Gasteiger partial charge in [0, 0.05) is 28.7 Å². The van der Waals surface area contributed by atoms with E-state index in [1.807, 2.05) is 18.2 Å². The van der Waals surface area contributed by atoms with Crippen LogP contribution >= 0.6 is 10.6 Å². The molecule has 3 aromatic rings. The van der Waals surface area contributed by atoms with Crippen LogP contribution in [0.5, 0.6) is 0 Å². The topological polar surface area (TPSA) is 99.3 Å². The number of benzene rings is 2. The van der Waals surface area contributed by atoms with Crippen molar-refractivity contribution in [3.8, 4) is 11.1 Å². The molecule has 2 aromatic carbocycles. The number of nitrogens with one attached hydrogen (secondary N) is 1. The molecule has 27 heavy (non-hydrogen) atoms. The fraction of sp³-hybridized carbons (Fsp3) is 0.250. The number of H-pyrrole nitrogens is 1. The Hall–Kier alpha value is -2.35. The first-order valence-corrected chi connectivity index (χ1v) is 10.7. The van der Waals surface area contributed by atoms with E-state index in [9.17, 15) is 13.9 Å². The third kappa shape index (κ3) is 3.22. The molecule has 4 rings (SSSR count). The van der Waals surface area contributed by atoms with Crippen molar-refractivity contribution in [2.45, 2.75) is 18.8 Å². The first-order valence-electron chi connectivity index (χ1n) is 8.79. The van der Waals surface area contributed by atoms with Gasteiger partial charge in [0.15, 0.2) is 0 Å². The molecule has 0 atom stereocenters. The number of amides is 1. The van der Waals surface area contributed by atoms with Crippen molar-refractivity contribution in [1.82, 2.24) is 4.98 Å². The molecule has 1 aliphatic rings. The van der Waals surface area contributed by atoms with Gasteiger partial charge in [0.1, 0.15) is 5.82 Å². The first kappa shape index (κ1) is 18.0. The molecule has 0 unspecified atom stereocenters. The molecule has 0 radical (unpaired) electrons. The molecule has 0 aliphatic carbocycles. The second kappa shape index (κ2) is 6.67. The Morgan fingerprint density at radius 1 is 1.19 bits per heavy atom. The lowest BCUT2D eigenvalue weighted by Crippen LogP contribution is -2.19. The van der Waals surface area contributed by atoms with E-state index in [2.05, 4.69) is 4.98 Å². The van der Waals surface area contributed by atoms with Crippen LogP contribution in [0.1, 0.15) is 34.7 Å². The maximum Gasteiger partial charge on any atom is 0.250 e. The van der Waals surface area contributed by atoms with Crippen molar-refractivity contribution >= 4 is 27.4 Å². The zero-order valence-electron chi connectivity index (χ0n) is 14.6. The average molecular weight is 388 g/mol.